The summed E-state index contributed by atoms with van der Waals surface area (Å²) in [6.07, 6.45) is -0.250. The van der Waals surface area contributed by atoms with Gasteiger partial charge in [-0.3, -0.25) is 0 Å². The van der Waals surface area contributed by atoms with Gasteiger partial charge < -0.3 is 15.0 Å². The molecule has 0 radical (unpaired) electrons. The van der Waals surface area contributed by atoms with Gasteiger partial charge in [0.15, 0.2) is 0 Å². The summed E-state index contributed by atoms with van der Waals surface area (Å²) in [6, 6.07) is 10.0. The third-order valence-electron chi connectivity index (χ3n) is 1.04. The number of rotatable bonds is 1. The summed E-state index contributed by atoms with van der Waals surface area (Å²) in [4.78, 5) is 8.44. The molecule has 64 valence electrons. The van der Waals surface area contributed by atoms with E-state index < -0.39 is 6.16 Å². The zero-order valence-electron chi connectivity index (χ0n) is 7.43. The first-order valence-electron chi connectivity index (χ1n) is 3.24. The van der Waals surface area contributed by atoms with Crippen LogP contribution in [0.15, 0.2) is 36.9 Å². The van der Waals surface area contributed by atoms with E-state index in [1.807, 2.05) is 36.4 Å². The Morgan fingerprint density at radius 3 is 2.00 bits per heavy atom. The Morgan fingerprint density at radius 2 is 1.77 bits per heavy atom. The van der Waals surface area contributed by atoms with E-state index >= 15 is 0 Å². The molecule has 1 N–H and O–H groups in total. The second-order valence-electron chi connectivity index (χ2n) is 1.88. The molecule has 0 aliphatic carbocycles. The van der Waals surface area contributed by atoms with Crippen molar-refractivity contribution < 1.29 is 44.6 Å². The summed E-state index contributed by atoms with van der Waals surface area (Å²) in [6.45, 7) is 3.63. The Kier molecular flexibility index (Phi) is 10.6. The van der Waals surface area contributed by atoms with E-state index in [1.54, 1.807) is 0 Å². The molecule has 0 aromatic heterocycles. The molecule has 0 spiro atoms. The topological polar surface area (TPSA) is 60.4 Å². The maximum atomic E-state index is 8.44. The van der Waals surface area contributed by atoms with Crippen molar-refractivity contribution >= 4 is 12.2 Å². The third-order valence-corrected chi connectivity index (χ3v) is 1.04. The van der Waals surface area contributed by atoms with E-state index in [4.69, 9.17) is 15.0 Å². The summed E-state index contributed by atoms with van der Waals surface area (Å²) in [5, 5.41) is 15.3. The molecule has 0 aliphatic rings. The van der Waals surface area contributed by atoms with Gasteiger partial charge in [0.25, 0.3) is 0 Å². The Morgan fingerprint density at radius 1 is 1.38 bits per heavy atom. The van der Waals surface area contributed by atoms with Crippen LogP contribution in [-0.4, -0.2) is 11.3 Å². The zero-order valence-corrected chi connectivity index (χ0v) is 9.43. The van der Waals surface area contributed by atoms with Gasteiger partial charge in [-0.15, -0.1) is 0 Å². The molecule has 1 rings (SSSR count). The Balaban J connectivity index is 0. The number of hydrogen-bond donors (Lipinski definition) is 1. The van der Waals surface area contributed by atoms with Crippen molar-refractivity contribution in [1.82, 2.24) is 0 Å². The van der Waals surface area contributed by atoms with Gasteiger partial charge in [-0.2, -0.15) is 0 Å². The van der Waals surface area contributed by atoms with Crippen molar-refractivity contribution in [3.05, 3.63) is 42.5 Å². The smallest absolute Gasteiger partial charge is 0.565 e. The van der Waals surface area contributed by atoms with Crippen LogP contribution < -0.4 is 34.7 Å². The molecule has 0 saturated carbocycles. The molecule has 0 saturated heterocycles. The fraction of sp³-hybridized carbons (Fsp3) is 0. The maximum absolute atomic E-state index is 8.44. The van der Waals surface area contributed by atoms with Gasteiger partial charge in [0.2, 0.25) is 6.16 Å². The van der Waals surface area contributed by atoms with Crippen LogP contribution in [0.1, 0.15) is 5.56 Å². The van der Waals surface area contributed by atoms with Crippen LogP contribution in [0.5, 0.6) is 0 Å². The van der Waals surface area contributed by atoms with Crippen LogP contribution in [0.25, 0.3) is 6.08 Å². The molecular weight excluding hydrogens is 179 g/mol. The van der Waals surface area contributed by atoms with E-state index in [-0.39, 0.29) is 29.6 Å². The molecule has 0 bridgehead atoms. The van der Waals surface area contributed by atoms with Gasteiger partial charge in [-0.05, 0) is 5.56 Å². The van der Waals surface area contributed by atoms with Crippen molar-refractivity contribution in [1.29, 1.82) is 0 Å². The second-order valence-corrected chi connectivity index (χ2v) is 1.88. The predicted octanol–water partition coefficient (Wildman–Crippen LogP) is -1.78. The molecule has 13 heavy (non-hydrogen) atoms. The molecule has 0 unspecified atom stereocenters. The molecule has 0 amide bonds. The van der Waals surface area contributed by atoms with Crippen molar-refractivity contribution in [3.63, 3.8) is 0 Å². The van der Waals surface area contributed by atoms with Crippen LogP contribution in [0.3, 0.4) is 0 Å². The first kappa shape index (κ1) is 14.7. The normalized spacial score (nSPS) is 7.08. The van der Waals surface area contributed by atoms with Crippen LogP contribution in [-0.2, 0) is 0 Å². The van der Waals surface area contributed by atoms with Crippen LogP contribution in [0.4, 0.5) is 4.79 Å². The molecule has 0 atom stereocenters. The van der Waals surface area contributed by atoms with E-state index in [2.05, 4.69) is 6.58 Å². The van der Waals surface area contributed by atoms with Crippen molar-refractivity contribution in [2.45, 2.75) is 0 Å². The van der Waals surface area contributed by atoms with E-state index in [0.717, 1.165) is 0 Å². The molecule has 4 heteroatoms. The second kappa shape index (κ2) is 9.32. The Bertz CT molecular complexity index is 242. The summed E-state index contributed by atoms with van der Waals surface area (Å²) >= 11 is 0. The van der Waals surface area contributed by atoms with Crippen LogP contribution >= 0.6 is 0 Å². The number of carboxylic acid groups (broad SMARTS) is 2. The van der Waals surface area contributed by atoms with Gasteiger partial charge in [0, 0.05) is 0 Å². The van der Waals surface area contributed by atoms with Crippen LogP contribution in [0.2, 0.25) is 0 Å². The number of benzene rings is 1. The molecule has 0 fully saturated rings. The quantitative estimate of drug-likeness (QED) is 0.530. The molecule has 0 aliphatic heterocycles. The molecule has 3 nitrogen and oxygen atoms in total. The molecule has 1 aromatic carbocycles. The predicted molar refractivity (Wildman–Crippen MR) is 44.6 cm³/mol. The SMILES string of the molecule is C=Cc1ccccc1.O=C([O-])O.[Na+]. The minimum Gasteiger partial charge on any atom is -0.565 e. The average molecular weight is 188 g/mol. The van der Waals surface area contributed by atoms with E-state index in [1.165, 1.54) is 5.56 Å². The Hall–Kier alpha value is -0.770. The van der Waals surface area contributed by atoms with Crippen molar-refractivity contribution in [3.8, 4) is 0 Å². The minimum atomic E-state index is -2.08. The van der Waals surface area contributed by atoms with E-state index in [0.29, 0.717) is 0 Å². The Labute approximate surface area is 99.0 Å². The zero-order chi connectivity index (χ0) is 9.40. The van der Waals surface area contributed by atoms with Gasteiger partial charge in [0.1, 0.15) is 0 Å². The molecular formula is C9H9NaO3. The first-order chi connectivity index (χ1) is 5.66. The van der Waals surface area contributed by atoms with Gasteiger partial charge in [-0.1, -0.05) is 43.0 Å². The largest absolute Gasteiger partial charge is 1.00 e. The van der Waals surface area contributed by atoms with Crippen molar-refractivity contribution in [2.75, 3.05) is 0 Å². The molecule has 0 heterocycles. The standard InChI is InChI=1S/C8H8.CH2O3.Na/c1-2-8-6-4-3-5-7-8;2-1(3)4;/h2-7H,1H2;(H2,2,3,4);/q;;+1/p-1. The first-order valence-corrected chi connectivity index (χ1v) is 3.24. The average Bonchev–Trinajstić information content (AvgIpc) is 2.05. The maximum Gasteiger partial charge on any atom is 1.00 e. The van der Waals surface area contributed by atoms with Crippen molar-refractivity contribution in [2.24, 2.45) is 0 Å². The van der Waals surface area contributed by atoms with E-state index in [9.17, 15) is 0 Å². The fourth-order valence-electron chi connectivity index (χ4n) is 0.589. The molecule has 1 aromatic rings. The van der Waals surface area contributed by atoms with Crippen LogP contribution in [0, 0.1) is 0 Å². The summed E-state index contributed by atoms with van der Waals surface area (Å²) in [5.41, 5.74) is 1.17. The summed E-state index contributed by atoms with van der Waals surface area (Å²) in [5.74, 6) is 0. The summed E-state index contributed by atoms with van der Waals surface area (Å²) < 4.78 is 0. The summed E-state index contributed by atoms with van der Waals surface area (Å²) in [7, 11) is 0. The number of hydrogen-bond acceptors (Lipinski definition) is 2. The monoisotopic (exact) mass is 188 g/mol. The number of carbonyl (C=O) groups is 1. The van der Waals surface area contributed by atoms with Gasteiger partial charge in [0.05, 0.1) is 0 Å². The fourth-order valence-corrected chi connectivity index (χ4v) is 0.589. The van der Waals surface area contributed by atoms with Gasteiger partial charge in [-0.25, -0.2) is 0 Å². The van der Waals surface area contributed by atoms with Gasteiger partial charge >= 0.3 is 29.6 Å². The minimum absolute atomic E-state index is 0. The third kappa shape index (κ3) is 11.2.